The highest BCUT2D eigenvalue weighted by atomic mass is 16.5. The summed E-state index contributed by atoms with van der Waals surface area (Å²) in [6.45, 7) is 2.11. The standard InChI is InChI=1S/C44H34N2O/c1-3-33(19-5-4-16-31-17-14-18-32(30-31)34-20-9-13-29-43(34)47-2)45-40-26-12-8-23-37(40)44-41(45)27-15-28-42(44)46-38-24-10-6-21-35(38)36-22-7-11-25-39(36)46/h3-30H,1-2H3/b16-4+,19-5-,33-3+. The van der Waals surface area contributed by atoms with Gasteiger partial charge < -0.3 is 13.9 Å². The highest BCUT2D eigenvalue weighted by Crippen LogP contribution is 2.39. The predicted molar refractivity (Wildman–Crippen MR) is 200 cm³/mol. The Morgan fingerprint density at radius 3 is 1.98 bits per heavy atom. The Kier molecular flexibility index (Phi) is 7.28. The third kappa shape index (κ3) is 4.84. The van der Waals surface area contributed by atoms with Crippen LogP contribution in [0.3, 0.4) is 0 Å². The summed E-state index contributed by atoms with van der Waals surface area (Å²) in [7, 11) is 1.72. The van der Waals surface area contributed by atoms with Crippen LogP contribution in [0, 0.1) is 0 Å². The molecular weight excluding hydrogens is 572 g/mol. The summed E-state index contributed by atoms with van der Waals surface area (Å²) in [5, 5.41) is 5.00. The van der Waals surface area contributed by atoms with E-state index in [9.17, 15) is 0 Å². The second kappa shape index (κ2) is 12.0. The van der Waals surface area contributed by atoms with Gasteiger partial charge in [-0.05, 0) is 66.6 Å². The first kappa shape index (κ1) is 28.4. The van der Waals surface area contributed by atoms with Crippen LogP contribution >= 0.6 is 0 Å². The molecule has 0 N–H and O–H groups in total. The van der Waals surface area contributed by atoms with E-state index in [4.69, 9.17) is 4.74 Å². The van der Waals surface area contributed by atoms with Crippen LogP contribution in [0.2, 0.25) is 0 Å². The van der Waals surface area contributed by atoms with Crippen molar-refractivity contribution >= 4 is 55.4 Å². The number of nitrogens with zero attached hydrogens (tertiary/aromatic N) is 2. The molecule has 0 fully saturated rings. The van der Waals surface area contributed by atoms with Gasteiger partial charge in [-0.25, -0.2) is 0 Å². The van der Waals surface area contributed by atoms with Crippen molar-refractivity contribution in [1.29, 1.82) is 0 Å². The zero-order valence-electron chi connectivity index (χ0n) is 26.5. The van der Waals surface area contributed by atoms with Crippen molar-refractivity contribution in [3.05, 3.63) is 169 Å². The van der Waals surface area contributed by atoms with E-state index in [-0.39, 0.29) is 0 Å². The first-order chi connectivity index (χ1) is 23.3. The maximum absolute atomic E-state index is 5.60. The third-order valence-electron chi connectivity index (χ3n) is 9.02. The molecule has 2 aromatic heterocycles. The van der Waals surface area contributed by atoms with Crippen molar-refractivity contribution in [1.82, 2.24) is 9.13 Å². The van der Waals surface area contributed by atoms with Gasteiger partial charge in [0.2, 0.25) is 0 Å². The number of fused-ring (bicyclic) bond motifs is 6. The molecule has 8 aromatic rings. The van der Waals surface area contributed by atoms with Crippen LogP contribution in [-0.4, -0.2) is 16.2 Å². The van der Waals surface area contributed by atoms with E-state index in [0.717, 1.165) is 28.1 Å². The number of rotatable bonds is 7. The number of hydrogen-bond acceptors (Lipinski definition) is 1. The molecule has 0 amide bonds. The van der Waals surface area contributed by atoms with Gasteiger partial charge in [-0.2, -0.15) is 0 Å². The van der Waals surface area contributed by atoms with Crippen LogP contribution in [0.4, 0.5) is 0 Å². The lowest BCUT2D eigenvalue weighted by Gasteiger charge is -2.12. The molecule has 0 radical (unpaired) electrons. The van der Waals surface area contributed by atoms with Gasteiger partial charge in [0, 0.05) is 32.8 Å². The summed E-state index contributed by atoms with van der Waals surface area (Å²) >= 11 is 0. The second-order valence-corrected chi connectivity index (χ2v) is 11.7. The molecule has 0 saturated heterocycles. The second-order valence-electron chi connectivity index (χ2n) is 11.7. The van der Waals surface area contributed by atoms with Gasteiger partial charge in [-0.15, -0.1) is 0 Å². The van der Waals surface area contributed by atoms with Crippen LogP contribution in [0.1, 0.15) is 12.5 Å². The van der Waals surface area contributed by atoms with E-state index in [0.29, 0.717) is 0 Å². The molecule has 226 valence electrons. The first-order valence-corrected chi connectivity index (χ1v) is 16.0. The highest BCUT2D eigenvalue weighted by molar-refractivity contribution is 6.17. The summed E-state index contributed by atoms with van der Waals surface area (Å²) in [5.41, 5.74) is 10.4. The Balaban J connectivity index is 1.21. The molecule has 8 rings (SSSR count). The van der Waals surface area contributed by atoms with Gasteiger partial charge >= 0.3 is 0 Å². The quantitative estimate of drug-likeness (QED) is 0.165. The smallest absolute Gasteiger partial charge is 0.126 e. The van der Waals surface area contributed by atoms with E-state index >= 15 is 0 Å². The van der Waals surface area contributed by atoms with Gasteiger partial charge in [-0.3, -0.25) is 0 Å². The molecule has 47 heavy (non-hydrogen) atoms. The van der Waals surface area contributed by atoms with E-state index in [1.165, 1.54) is 49.3 Å². The van der Waals surface area contributed by atoms with Gasteiger partial charge in [0.25, 0.3) is 0 Å². The maximum Gasteiger partial charge on any atom is 0.126 e. The number of para-hydroxylation sites is 4. The van der Waals surface area contributed by atoms with Crippen molar-refractivity contribution in [2.75, 3.05) is 7.11 Å². The minimum atomic E-state index is 0.874. The summed E-state index contributed by atoms with van der Waals surface area (Å²) in [4.78, 5) is 0. The summed E-state index contributed by atoms with van der Waals surface area (Å²) in [5.74, 6) is 0.874. The monoisotopic (exact) mass is 606 g/mol. The average molecular weight is 607 g/mol. The van der Waals surface area contributed by atoms with Gasteiger partial charge in [0.1, 0.15) is 5.75 Å². The van der Waals surface area contributed by atoms with E-state index in [1.54, 1.807) is 7.11 Å². The van der Waals surface area contributed by atoms with Crippen LogP contribution < -0.4 is 4.74 Å². The fourth-order valence-electron chi connectivity index (χ4n) is 6.96. The zero-order valence-corrected chi connectivity index (χ0v) is 26.5. The topological polar surface area (TPSA) is 19.1 Å². The molecule has 3 nitrogen and oxygen atoms in total. The Labute approximate surface area is 274 Å². The Bertz CT molecular complexity index is 2470. The molecule has 0 atom stereocenters. The first-order valence-electron chi connectivity index (χ1n) is 16.0. The van der Waals surface area contributed by atoms with Crippen molar-refractivity contribution in [3.63, 3.8) is 0 Å². The molecule has 0 spiro atoms. The van der Waals surface area contributed by atoms with Gasteiger partial charge in [0.15, 0.2) is 0 Å². The van der Waals surface area contributed by atoms with E-state index < -0.39 is 0 Å². The number of hydrogen-bond donors (Lipinski definition) is 0. The number of benzene rings is 6. The van der Waals surface area contributed by atoms with Crippen molar-refractivity contribution in [2.45, 2.75) is 6.92 Å². The Morgan fingerprint density at radius 1 is 0.596 bits per heavy atom. The zero-order chi connectivity index (χ0) is 31.7. The molecule has 0 aliphatic carbocycles. The van der Waals surface area contributed by atoms with Crippen LogP contribution in [0.5, 0.6) is 5.75 Å². The molecule has 0 aliphatic rings. The highest BCUT2D eigenvalue weighted by Gasteiger charge is 2.19. The molecule has 0 saturated carbocycles. The minimum absolute atomic E-state index is 0.874. The average Bonchev–Trinajstić information content (AvgIpc) is 3.65. The molecule has 3 heteroatoms. The molecule has 0 unspecified atom stereocenters. The van der Waals surface area contributed by atoms with Crippen molar-refractivity contribution < 1.29 is 4.74 Å². The third-order valence-corrected chi connectivity index (χ3v) is 9.02. The van der Waals surface area contributed by atoms with Crippen LogP contribution in [0.25, 0.3) is 72.2 Å². The van der Waals surface area contributed by atoms with Crippen molar-refractivity contribution in [3.8, 4) is 22.6 Å². The molecular formula is C44H34N2O. The normalized spacial score (nSPS) is 12.4. The maximum atomic E-state index is 5.60. The molecule has 2 heterocycles. The largest absolute Gasteiger partial charge is 0.496 e. The van der Waals surface area contributed by atoms with Crippen LogP contribution in [0.15, 0.2) is 164 Å². The fraction of sp³-hybridized carbons (Fsp3) is 0.0455. The lowest BCUT2D eigenvalue weighted by molar-refractivity contribution is 0.416. The van der Waals surface area contributed by atoms with E-state index in [1.807, 2.05) is 18.2 Å². The SMILES string of the molecule is C\C=C(/C=C\C=C\c1cccc(-c2ccccc2OC)c1)n1c2ccccc2c2c(-n3c4ccccc4c4ccccc43)cccc21. The van der Waals surface area contributed by atoms with Gasteiger partial charge in [0.05, 0.1) is 34.9 Å². The Hall–Kier alpha value is -6.06. The summed E-state index contributed by atoms with van der Waals surface area (Å²) in [6, 6.07) is 49.5. The minimum Gasteiger partial charge on any atom is -0.496 e. The number of aromatic nitrogens is 2. The van der Waals surface area contributed by atoms with E-state index in [2.05, 4.69) is 168 Å². The molecule has 0 aliphatic heterocycles. The number of allylic oxidation sites excluding steroid dienone is 5. The molecule has 6 aromatic carbocycles. The summed E-state index contributed by atoms with van der Waals surface area (Å²) in [6.07, 6.45) is 10.8. The fourth-order valence-corrected chi connectivity index (χ4v) is 6.96. The summed E-state index contributed by atoms with van der Waals surface area (Å²) < 4.78 is 10.4. The number of ether oxygens (including phenoxy) is 1. The number of methoxy groups -OCH3 is 1. The lowest BCUT2D eigenvalue weighted by Crippen LogP contribution is -1.96. The predicted octanol–water partition coefficient (Wildman–Crippen LogP) is 11.7. The van der Waals surface area contributed by atoms with Crippen molar-refractivity contribution in [2.24, 2.45) is 0 Å². The lowest BCUT2D eigenvalue weighted by atomic mass is 10.0. The van der Waals surface area contributed by atoms with Gasteiger partial charge in [-0.1, -0.05) is 121 Å². The Morgan fingerprint density at radius 2 is 1.23 bits per heavy atom. The molecule has 0 bridgehead atoms. The van der Waals surface area contributed by atoms with Crippen LogP contribution in [-0.2, 0) is 0 Å².